The van der Waals surface area contributed by atoms with Crippen molar-refractivity contribution in [2.45, 2.75) is 6.92 Å². The van der Waals surface area contributed by atoms with E-state index < -0.39 is 0 Å². The first-order valence-electron chi connectivity index (χ1n) is 7.67. The van der Waals surface area contributed by atoms with Gasteiger partial charge in [0.25, 0.3) is 5.56 Å². The molecule has 4 aromatic rings. The Morgan fingerprint density at radius 3 is 2.38 bits per heavy atom. The van der Waals surface area contributed by atoms with Crippen LogP contribution in [0.5, 0.6) is 0 Å². The van der Waals surface area contributed by atoms with Crippen LogP contribution in [0, 0.1) is 6.92 Å². The Balaban J connectivity index is 2.12. The van der Waals surface area contributed by atoms with Gasteiger partial charge in [0.1, 0.15) is 0 Å². The van der Waals surface area contributed by atoms with Crippen LogP contribution < -0.4 is 11.3 Å². The Kier molecular flexibility index (Phi) is 3.20. The molecule has 5 heteroatoms. The van der Waals surface area contributed by atoms with Gasteiger partial charge in [-0.15, -0.1) is 0 Å². The van der Waals surface area contributed by atoms with E-state index in [1.165, 1.54) is 6.07 Å². The maximum atomic E-state index is 12.6. The van der Waals surface area contributed by atoms with Crippen LogP contribution >= 0.6 is 0 Å². The van der Waals surface area contributed by atoms with E-state index in [1.807, 2.05) is 72.3 Å². The number of nitrogen functional groups attached to an aromatic ring is 1. The largest absolute Gasteiger partial charge is 0.399 e. The Morgan fingerprint density at radius 2 is 1.67 bits per heavy atom. The number of rotatable bonds is 2. The third-order valence-electron chi connectivity index (χ3n) is 3.95. The van der Waals surface area contributed by atoms with Crippen molar-refractivity contribution in [2.24, 2.45) is 0 Å². The minimum Gasteiger partial charge on any atom is -0.399 e. The van der Waals surface area contributed by atoms with Gasteiger partial charge in [0.05, 0.1) is 11.4 Å². The molecule has 0 radical (unpaired) electrons. The van der Waals surface area contributed by atoms with E-state index in [0.29, 0.717) is 17.0 Å². The van der Waals surface area contributed by atoms with E-state index in [-0.39, 0.29) is 5.56 Å². The van der Waals surface area contributed by atoms with Crippen LogP contribution in [0.4, 0.5) is 5.69 Å². The van der Waals surface area contributed by atoms with Crippen molar-refractivity contribution < 1.29 is 0 Å². The molecule has 0 unspecified atom stereocenters. The minimum absolute atomic E-state index is 0.114. The summed E-state index contributed by atoms with van der Waals surface area (Å²) in [5.41, 5.74) is 10.5. The predicted octanol–water partition coefficient (Wildman–Crippen LogP) is 3.04. The smallest absolute Gasteiger partial charge is 0.273 e. The van der Waals surface area contributed by atoms with E-state index in [2.05, 4.69) is 4.98 Å². The van der Waals surface area contributed by atoms with Crippen molar-refractivity contribution in [1.82, 2.24) is 14.2 Å². The highest BCUT2D eigenvalue weighted by molar-refractivity contribution is 5.67. The Hall–Kier alpha value is -3.34. The number of nitrogens with zero attached hydrogens (tertiary/aromatic N) is 3. The molecule has 118 valence electrons. The summed E-state index contributed by atoms with van der Waals surface area (Å²) in [4.78, 5) is 17.1. The molecule has 24 heavy (non-hydrogen) atoms. The number of nitrogens with two attached hydrogens (primary N) is 1. The molecule has 0 spiro atoms. The first-order chi connectivity index (χ1) is 11.6. The topological polar surface area (TPSA) is 65.3 Å². The summed E-state index contributed by atoms with van der Waals surface area (Å²) in [5, 5.41) is 0. The van der Waals surface area contributed by atoms with Gasteiger partial charge < -0.3 is 5.73 Å². The third kappa shape index (κ3) is 2.27. The van der Waals surface area contributed by atoms with E-state index in [9.17, 15) is 4.79 Å². The number of aromatic nitrogens is 3. The van der Waals surface area contributed by atoms with E-state index in [4.69, 9.17) is 5.73 Å². The van der Waals surface area contributed by atoms with Gasteiger partial charge in [-0.05, 0) is 31.2 Å². The van der Waals surface area contributed by atoms with Gasteiger partial charge in [-0.2, -0.15) is 4.52 Å². The molecule has 0 atom stereocenters. The number of aryl methyl sites for hydroxylation is 1. The summed E-state index contributed by atoms with van der Waals surface area (Å²) in [7, 11) is 0. The van der Waals surface area contributed by atoms with Crippen molar-refractivity contribution in [3.05, 3.63) is 82.8 Å². The highest BCUT2D eigenvalue weighted by Crippen LogP contribution is 2.25. The molecule has 0 fully saturated rings. The lowest BCUT2D eigenvalue weighted by Gasteiger charge is -2.11. The summed E-state index contributed by atoms with van der Waals surface area (Å²) in [6.07, 6.45) is 0. The van der Waals surface area contributed by atoms with Gasteiger partial charge in [-0.25, -0.2) is 9.67 Å². The third-order valence-corrected chi connectivity index (χ3v) is 3.95. The zero-order valence-electron chi connectivity index (χ0n) is 13.2. The normalized spacial score (nSPS) is 11.0. The highest BCUT2D eigenvalue weighted by Gasteiger charge is 2.14. The van der Waals surface area contributed by atoms with Gasteiger partial charge in [-0.3, -0.25) is 4.79 Å². The molecule has 0 aliphatic carbocycles. The molecule has 0 bridgehead atoms. The van der Waals surface area contributed by atoms with Gasteiger partial charge in [0, 0.05) is 29.1 Å². The number of hydrogen-bond donors (Lipinski definition) is 1. The molecule has 0 saturated carbocycles. The van der Waals surface area contributed by atoms with Gasteiger partial charge >= 0.3 is 0 Å². The monoisotopic (exact) mass is 316 g/mol. The molecule has 0 aliphatic rings. The summed E-state index contributed by atoms with van der Waals surface area (Å²) in [6, 6.07) is 20.8. The minimum atomic E-state index is -0.114. The van der Waals surface area contributed by atoms with Crippen LogP contribution in [0.15, 0.2) is 71.5 Å². The molecule has 0 amide bonds. The van der Waals surface area contributed by atoms with Crippen molar-refractivity contribution >= 4 is 11.3 Å². The number of fused-ring (bicyclic) bond motifs is 1. The maximum absolute atomic E-state index is 12.6. The molecule has 2 N–H and O–H groups in total. The second kappa shape index (κ2) is 5.38. The number of anilines is 1. The Morgan fingerprint density at radius 1 is 0.958 bits per heavy atom. The van der Waals surface area contributed by atoms with Crippen LogP contribution in [-0.2, 0) is 0 Å². The lowest BCUT2D eigenvalue weighted by Crippen LogP contribution is -2.20. The molecule has 4 rings (SSSR count). The van der Waals surface area contributed by atoms with E-state index in [0.717, 1.165) is 16.9 Å². The van der Waals surface area contributed by atoms with Gasteiger partial charge in [0.15, 0.2) is 5.65 Å². The fourth-order valence-electron chi connectivity index (χ4n) is 2.88. The molecular formula is C19H16N4O. The van der Waals surface area contributed by atoms with Crippen molar-refractivity contribution in [3.8, 4) is 16.9 Å². The quantitative estimate of drug-likeness (QED) is 0.578. The first kappa shape index (κ1) is 14.3. The lowest BCUT2D eigenvalue weighted by atomic mass is 10.1. The number of benzene rings is 2. The summed E-state index contributed by atoms with van der Waals surface area (Å²) >= 11 is 0. The fraction of sp³-hybridized carbons (Fsp3) is 0.0526. The van der Waals surface area contributed by atoms with Crippen molar-refractivity contribution in [1.29, 1.82) is 0 Å². The first-order valence-corrected chi connectivity index (χ1v) is 7.67. The highest BCUT2D eigenvalue weighted by atomic mass is 16.1. The van der Waals surface area contributed by atoms with Crippen LogP contribution in [0.1, 0.15) is 5.69 Å². The van der Waals surface area contributed by atoms with Crippen LogP contribution in [0.2, 0.25) is 0 Å². The van der Waals surface area contributed by atoms with Crippen molar-refractivity contribution in [3.63, 3.8) is 0 Å². The SMILES string of the molecule is Cc1cc(=O)n2c(cc(-c3ccccc3)n2-c2ccc(N)cc2)n1. The van der Waals surface area contributed by atoms with Gasteiger partial charge in [0.2, 0.25) is 0 Å². The lowest BCUT2D eigenvalue weighted by molar-refractivity contribution is 0.766. The van der Waals surface area contributed by atoms with E-state index >= 15 is 0 Å². The average molecular weight is 316 g/mol. The molecule has 2 heterocycles. The Bertz CT molecular complexity index is 1080. The summed E-state index contributed by atoms with van der Waals surface area (Å²) < 4.78 is 3.46. The molecule has 0 saturated heterocycles. The van der Waals surface area contributed by atoms with E-state index in [1.54, 1.807) is 4.52 Å². The van der Waals surface area contributed by atoms with Crippen molar-refractivity contribution in [2.75, 3.05) is 5.73 Å². The van der Waals surface area contributed by atoms with Gasteiger partial charge in [-0.1, -0.05) is 30.3 Å². The second-order valence-electron chi connectivity index (χ2n) is 5.70. The zero-order chi connectivity index (χ0) is 16.7. The predicted molar refractivity (Wildman–Crippen MR) is 95.4 cm³/mol. The summed E-state index contributed by atoms with van der Waals surface area (Å²) in [5.74, 6) is 0. The second-order valence-corrected chi connectivity index (χ2v) is 5.70. The maximum Gasteiger partial charge on any atom is 0.273 e. The van der Waals surface area contributed by atoms with Crippen LogP contribution in [0.3, 0.4) is 0 Å². The average Bonchev–Trinajstić information content (AvgIpc) is 2.96. The Labute approximate surface area is 138 Å². The molecule has 5 nitrogen and oxygen atoms in total. The van der Waals surface area contributed by atoms with Crippen LogP contribution in [-0.4, -0.2) is 14.2 Å². The molecule has 2 aromatic heterocycles. The molecule has 0 aliphatic heterocycles. The zero-order valence-corrected chi connectivity index (χ0v) is 13.2. The molecule has 2 aromatic carbocycles. The van der Waals surface area contributed by atoms with Crippen LogP contribution in [0.25, 0.3) is 22.6 Å². The standard InChI is InChI=1S/C19H16N4O/c1-13-11-19(24)23-18(21-13)12-17(14-5-3-2-4-6-14)22(23)16-9-7-15(20)8-10-16/h2-12H,20H2,1H3. The number of hydrogen-bond acceptors (Lipinski definition) is 3. The fourth-order valence-corrected chi connectivity index (χ4v) is 2.88. The molecular weight excluding hydrogens is 300 g/mol. The summed E-state index contributed by atoms with van der Waals surface area (Å²) in [6.45, 7) is 1.82.